The van der Waals surface area contributed by atoms with E-state index in [0.717, 1.165) is 5.56 Å². The Hall–Kier alpha value is -0.544. The Morgan fingerprint density at radius 2 is 1.91 bits per heavy atom. The number of ether oxygens (including phenoxy) is 1. The van der Waals surface area contributed by atoms with E-state index in [1.807, 2.05) is 19.1 Å². The molecule has 0 unspecified atom stereocenters. The molecule has 0 bridgehead atoms. The van der Waals surface area contributed by atoms with Crippen molar-refractivity contribution in [1.82, 2.24) is 0 Å². The van der Waals surface area contributed by atoms with Gasteiger partial charge in [-0.3, -0.25) is 4.79 Å². The molecule has 0 radical (unpaired) electrons. The van der Waals surface area contributed by atoms with Gasteiger partial charge in [-0.2, -0.15) is 0 Å². The third kappa shape index (κ3) is 3.39. The normalized spacial score (nSPS) is 8.09. The Morgan fingerprint density at radius 1 is 1.36 bits per heavy atom. The van der Waals surface area contributed by atoms with Crippen molar-refractivity contribution in [1.29, 1.82) is 0 Å². The molecule has 0 aliphatic heterocycles. The van der Waals surface area contributed by atoms with Crippen molar-refractivity contribution in [2.45, 2.75) is 6.92 Å². The van der Waals surface area contributed by atoms with Gasteiger partial charge in [0.25, 0.3) is 6.47 Å². The summed E-state index contributed by atoms with van der Waals surface area (Å²) in [4.78, 5) is 9.84. The van der Waals surface area contributed by atoms with Crippen LogP contribution in [-0.2, 0) is 4.79 Å². The van der Waals surface area contributed by atoms with E-state index < -0.39 is 0 Å². The number of aryl methyl sites for hydroxylation is 1. The number of hydrogen-bond donors (Lipinski definition) is 0. The van der Waals surface area contributed by atoms with Gasteiger partial charge >= 0.3 is 23.1 Å². The zero-order chi connectivity index (χ0) is 7.40. The Labute approximate surface area is 84.7 Å². The Bertz CT molecular complexity index is 226. The summed E-state index contributed by atoms with van der Waals surface area (Å²) >= 11 is 0. The van der Waals surface area contributed by atoms with Crippen LogP contribution in [0.5, 0.6) is 5.75 Å². The Morgan fingerprint density at radius 3 is 2.36 bits per heavy atom. The molecule has 11 heavy (non-hydrogen) atoms. The van der Waals surface area contributed by atoms with Gasteiger partial charge in [-0.25, -0.2) is 0 Å². The second-order valence-corrected chi connectivity index (χ2v) is 2.03. The molecule has 0 fully saturated rings. The first kappa shape index (κ1) is 10.5. The van der Waals surface area contributed by atoms with Gasteiger partial charge in [-0.05, 0) is 19.1 Å². The maximum atomic E-state index is 9.84. The second kappa shape index (κ2) is 5.15. The summed E-state index contributed by atoms with van der Waals surface area (Å²) in [6.45, 7) is 2.40. The molecular formula is C8H10MgO2. The monoisotopic (exact) mass is 162 g/mol. The Kier molecular flexibility index (Phi) is 4.90. The second-order valence-electron chi connectivity index (χ2n) is 2.03. The fourth-order valence-electron chi connectivity index (χ4n) is 0.672. The van der Waals surface area contributed by atoms with Gasteiger partial charge in [0.15, 0.2) is 0 Å². The van der Waals surface area contributed by atoms with Crippen molar-refractivity contribution in [3.63, 3.8) is 0 Å². The summed E-state index contributed by atoms with van der Waals surface area (Å²) in [6.07, 6.45) is 0. The smallest absolute Gasteiger partial charge is 1.00 e. The molecule has 0 spiro atoms. The van der Waals surface area contributed by atoms with E-state index in [2.05, 4.69) is 4.74 Å². The van der Waals surface area contributed by atoms with E-state index in [1.165, 1.54) is 0 Å². The number of carbonyl (C=O) groups is 1. The predicted octanol–water partition coefficient (Wildman–Crippen LogP) is 1.37. The van der Waals surface area contributed by atoms with Gasteiger partial charge in [0, 0.05) is 0 Å². The van der Waals surface area contributed by atoms with Crippen LogP contribution in [0.1, 0.15) is 8.42 Å². The summed E-state index contributed by atoms with van der Waals surface area (Å²) in [5, 5.41) is 0. The molecule has 0 N–H and O–H groups in total. The van der Waals surface area contributed by atoms with Crippen molar-refractivity contribution in [3.05, 3.63) is 29.8 Å². The van der Waals surface area contributed by atoms with E-state index in [0.29, 0.717) is 12.2 Å². The van der Waals surface area contributed by atoms with Crippen molar-refractivity contribution >= 4 is 29.5 Å². The topological polar surface area (TPSA) is 26.3 Å². The first-order valence-electron chi connectivity index (χ1n) is 3.00. The van der Waals surface area contributed by atoms with Crippen molar-refractivity contribution in [2.24, 2.45) is 0 Å². The molecule has 0 saturated carbocycles. The number of carbonyl (C=O) groups excluding carboxylic acids is 1. The minimum Gasteiger partial charge on any atom is -1.00 e. The SMILES string of the molecule is Cc1ccc(OC=O)cc1.[H-].[H-].[Mg+2]. The van der Waals surface area contributed by atoms with Crippen LogP contribution in [0.4, 0.5) is 0 Å². The molecule has 0 aromatic heterocycles. The molecule has 0 heterocycles. The maximum Gasteiger partial charge on any atom is 2.00 e. The number of hydrogen-bond acceptors (Lipinski definition) is 2. The fourth-order valence-corrected chi connectivity index (χ4v) is 0.672. The first-order chi connectivity index (χ1) is 4.83. The molecule has 0 aliphatic rings. The summed E-state index contributed by atoms with van der Waals surface area (Å²) in [6, 6.07) is 7.28. The molecule has 0 atom stereocenters. The molecule has 1 aromatic carbocycles. The number of rotatable bonds is 2. The average Bonchev–Trinajstić information content (AvgIpc) is 1.95. The molecular weight excluding hydrogens is 152 g/mol. The zero-order valence-electron chi connectivity index (χ0n) is 8.41. The summed E-state index contributed by atoms with van der Waals surface area (Å²) in [7, 11) is 0. The molecule has 0 amide bonds. The summed E-state index contributed by atoms with van der Waals surface area (Å²) in [5.41, 5.74) is 1.15. The predicted molar refractivity (Wildman–Crippen MR) is 45.8 cm³/mol. The van der Waals surface area contributed by atoms with Crippen molar-refractivity contribution < 1.29 is 12.4 Å². The van der Waals surface area contributed by atoms with Gasteiger partial charge in [-0.15, -0.1) is 0 Å². The summed E-state index contributed by atoms with van der Waals surface area (Å²) in [5.74, 6) is 0.584. The van der Waals surface area contributed by atoms with E-state index in [4.69, 9.17) is 0 Å². The molecule has 56 valence electrons. The quantitative estimate of drug-likeness (QED) is 0.485. The fraction of sp³-hybridized carbons (Fsp3) is 0.125. The molecule has 2 nitrogen and oxygen atoms in total. The van der Waals surface area contributed by atoms with Crippen LogP contribution in [0.15, 0.2) is 24.3 Å². The minimum atomic E-state index is 0. The van der Waals surface area contributed by atoms with Crippen LogP contribution in [0.3, 0.4) is 0 Å². The standard InChI is InChI=1S/C8H8O2.Mg.2H/c1-7-2-4-8(5-3-7)10-6-9;;;/h2-6H,1H3;;;/q;+2;2*-1. The third-order valence-corrected chi connectivity index (χ3v) is 1.21. The van der Waals surface area contributed by atoms with Crippen LogP contribution in [0.2, 0.25) is 0 Å². The molecule has 1 rings (SSSR count). The zero-order valence-corrected chi connectivity index (χ0v) is 7.82. The van der Waals surface area contributed by atoms with E-state index in [-0.39, 0.29) is 25.9 Å². The van der Waals surface area contributed by atoms with Crippen LogP contribution in [0, 0.1) is 6.92 Å². The molecule has 3 heteroatoms. The third-order valence-electron chi connectivity index (χ3n) is 1.21. The molecule has 0 saturated heterocycles. The molecule has 0 aliphatic carbocycles. The van der Waals surface area contributed by atoms with Gasteiger partial charge in [0.1, 0.15) is 5.75 Å². The van der Waals surface area contributed by atoms with E-state index >= 15 is 0 Å². The van der Waals surface area contributed by atoms with Crippen molar-refractivity contribution in [2.75, 3.05) is 0 Å². The van der Waals surface area contributed by atoms with Crippen molar-refractivity contribution in [3.8, 4) is 5.75 Å². The summed E-state index contributed by atoms with van der Waals surface area (Å²) < 4.78 is 4.58. The van der Waals surface area contributed by atoms with Gasteiger partial charge in [0.2, 0.25) is 0 Å². The Balaban J connectivity index is -0.000000333. The van der Waals surface area contributed by atoms with Crippen LogP contribution >= 0.6 is 0 Å². The van der Waals surface area contributed by atoms with Gasteiger partial charge in [0.05, 0.1) is 0 Å². The number of benzene rings is 1. The minimum absolute atomic E-state index is 0. The van der Waals surface area contributed by atoms with Gasteiger partial charge < -0.3 is 7.59 Å². The van der Waals surface area contributed by atoms with E-state index in [1.54, 1.807) is 12.1 Å². The largest absolute Gasteiger partial charge is 2.00 e. The van der Waals surface area contributed by atoms with Gasteiger partial charge in [-0.1, -0.05) is 17.7 Å². The van der Waals surface area contributed by atoms with Crippen LogP contribution in [-0.4, -0.2) is 29.5 Å². The average molecular weight is 162 g/mol. The van der Waals surface area contributed by atoms with E-state index in [9.17, 15) is 4.79 Å². The van der Waals surface area contributed by atoms with Crippen LogP contribution in [0.25, 0.3) is 0 Å². The van der Waals surface area contributed by atoms with Crippen LogP contribution < -0.4 is 4.74 Å². The molecule has 1 aromatic rings. The first-order valence-corrected chi connectivity index (χ1v) is 3.00. The maximum absolute atomic E-state index is 9.84.